The Morgan fingerprint density at radius 3 is 2.30 bits per heavy atom. The van der Waals surface area contributed by atoms with E-state index in [-0.39, 0.29) is 39.2 Å². The third-order valence-electron chi connectivity index (χ3n) is 5.18. The molecule has 1 fully saturated rings. The molecule has 0 spiro atoms. The number of nitrogens with zero attached hydrogens (tertiary/aromatic N) is 2. The minimum Gasteiger partial charge on any atom is -0.332 e. The fourth-order valence-corrected chi connectivity index (χ4v) is 6.43. The summed E-state index contributed by atoms with van der Waals surface area (Å²) in [7, 11) is -3.22. The van der Waals surface area contributed by atoms with Gasteiger partial charge in [-0.3, -0.25) is 19.3 Å². The van der Waals surface area contributed by atoms with Crippen LogP contribution in [0.1, 0.15) is 32.0 Å². The second kappa shape index (κ2) is 7.96. The number of hydrogen-bond acceptors (Lipinski definition) is 6. The van der Waals surface area contributed by atoms with Crippen molar-refractivity contribution in [2.75, 3.05) is 18.1 Å². The average Bonchev–Trinajstić information content (AvgIpc) is 3.37. The number of amides is 3. The summed E-state index contributed by atoms with van der Waals surface area (Å²) in [6.45, 7) is -0.263. The molecule has 3 amide bonds. The van der Waals surface area contributed by atoms with Gasteiger partial charge in [0.05, 0.1) is 39.2 Å². The number of carbonyl (C=O) groups is 3. The maximum Gasteiger partial charge on any atom is 0.262 e. The summed E-state index contributed by atoms with van der Waals surface area (Å²) in [6, 6.07) is 5.82. The molecule has 2 aliphatic rings. The molecule has 0 radical (unpaired) electrons. The van der Waals surface area contributed by atoms with Crippen molar-refractivity contribution in [3.8, 4) is 0 Å². The van der Waals surface area contributed by atoms with Gasteiger partial charge in [-0.15, -0.1) is 11.3 Å². The molecule has 3 heterocycles. The summed E-state index contributed by atoms with van der Waals surface area (Å²) in [5, 5.41) is 2.14. The largest absolute Gasteiger partial charge is 0.332 e. The molecule has 7 nitrogen and oxygen atoms in total. The third kappa shape index (κ3) is 3.99. The van der Waals surface area contributed by atoms with Gasteiger partial charge < -0.3 is 4.90 Å². The third-order valence-corrected chi connectivity index (χ3v) is 8.51. The minimum atomic E-state index is -3.22. The van der Waals surface area contributed by atoms with Crippen molar-refractivity contribution in [1.82, 2.24) is 9.80 Å². The number of benzene rings is 1. The summed E-state index contributed by atoms with van der Waals surface area (Å²) < 4.78 is 23.9. The van der Waals surface area contributed by atoms with Gasteiger partial charge in [0.1, 0.15) is 6.54 Å². The van der Waals surface area contributed by atoms with Crippen LogP contribution in [0.15, 0.2) is 29.6 Å². The van der Waals surface area contributed by atoms with E-state index in [1.165, 1.54) is 28.4 Å². The first kappa shape index (κ1) is 21.3. The summed E-state index contributed by atoms with van der Waals surface area (Å²) >= 11 is 13.4. The maximum atomic E-state index is 13.1. The summed E-state index contributed by atoms with van der Waals surface area (Å²) in [5.74, 6) is -1.86. The van der Waals surface area contributed by atoms with Crippen LogP contribution in [0.25, 0.3) is 0 Å². The van der Waals surface area contributed by atoms with Crippen molar-refractivity contribution in [2.24, 2.45) is 0 Å². The molecular weight excluding hydrogens is 471 g/mol. The first-order chi connectivity index (χ1) is 14.2. The lowest BCUT2D eigenvalue weighted by atomic mass is 10.1. The predicted octanol–water partition coefficient (Wildman–Crippen LogP) is 2.87. The number of thiophene rings is 1. The van der Waals surface area contributed by atoms with E-state index in [1.54, 1.807) is 0 Å². The molecule has 1 atom stereocenters. The van der Waals surface area contributed by atoms with Crippen molar-refractivity contribution >= 4 is 62.1 Å². The van der Waals surface area contributed by atoms with E-state index in [0.29, 0.717) is 6.42 Å². The quantitative estimate of drug-likeness (QED) is 0.605. The number of rotatable bonds is 5. The minimum absolute atomic E-state index is 0.00982. The number of halogens is 2. The number of fused-ring (bicyclic) bond motifs is 1. The van der Waals surface area contributed by atoms with Crippen LogP contribution in [-0.4, -0.2) is 60.0 Å². The zero-order valence-electron chi connectivity index (χ0n) is 15.5. The fourth-order valence-electron chi connectivity index (χ4n) is 3.67. The SMILES string of the molecule is O=C1c2cc(Cl)c(Cl)cc2C(=O)N1CC(=O)N(Cc1cccs1)C1CCS(=O)(=O)C1. The van der Waals surface area contributed by atoms with Crippen molar-refractivity contribution in [3.63, 3.8) is 0 Å². The molecule has 1 unspecified atom stereocenters. The highest BCUT2D eigenvalue weighted by molar-refractivity contribution is 7.91. The van der Waals surface area contributed by atoms with Crippen molar-refractivity contribution in [3.05, 3.63) is 55.7 Å². The van der Waals surface area contributed by atoms with Gasteiger partial charge in [0.25, 0.3) is 11.8 Å². The molecule has 158 valence electrons. The highest BCUT2D eigenvalue weighted by Gasteiger charge is 2.40. The zero-order valence-corrected chi connectivity index (χ0v) is 18.7. The summed E-state index contributed by atoms with van der Waals surface area (Å²) in [5.41, 5.74) is 0.186. The molecular formula is C19H16Cl2N2O5S2. The molecule has 1 saturated heterocycles. The van der Waals surface area contributed by atoms with Crippen molar-refractivity contribution in [2.45, 2.75) is 19.0 Å². The topological polar surface area (TPSA) is 91.8 Å². The molecule has 2 aromatic rings. The highest BCUT2D eigenvalue weighted by Crippen LogP contribution is 2.32. The van der Waals surface area contributed by atoms with E-state index in [0.717, 1.165) is 9.78 Å². The van der Waals surface area contributed by atoms with Gasteiger partial charge in [0, 0.05) is 10.9 Å². The highest BCUT2D eigenvalue weighted by atomic mass is 35.5. The monoisotopic (exact) mass is 486 g/mol. The van der Waals surface area contributed by atoms with E-state index in [9.17, 15) is 22.8 Å². The fraction of sp³-hybridized carbons (Fsp3) is 0.316. The van der Waals surface area contributed by atoms with E-state index >= 15 is 0 Å². The normalized spacial score (nSPS) is 19.9. The van der Waals surface area contributed by atoms with Crippen molar-refractivity contribution < 1.29 is 22.8 Å². The van der Waals surface area contributed by atoms with E-state index < -0.39 is 40.1 Å². The number of carbonyl (C=O) groups excluding carboxylic acids is 3. The first-order valence-corrected chi connectivity index (χ1v) is 12.5. The molecule has 0 saturated carbocycles. The van der Waals surface area contributed by atoms with Crippen LogP contribution in [0, 0.1) is 0 Å². The Balaban J connectivity index is 1.58. The lowest BCUT2D eigenvalue weighted by Crippen LogP contribution is -2.47. The maximum absolute atomic E-state index is 13.1. The van der Waals surface area contributed by atoms with Gasteiger partial charge in [-0.25, -0.2) is 8.42 Å². The second-order valence-corrected chi connectivity index (χ2v) is 11.2. The Morgan fingerprint density at radius 1 is 1.17 bits per heavy atom. The Hall–Kier alpha value is -1.94. The molecule has 0 bridgehead atoms. The van der Waals surface area contributed by atoms with Crippen LogP contribution in [-0.2, 0) is 21.2 Å². The van der Waals surface area contributed by atoms with E-state index in [2.05, 4.69) is 0 Å². The van der Waals surface area contributed by atoms with Gasteiger partial charge in [-0.1, -0.05) is 29.3 Å². The first-order valence-electron chi connectivity index (χ1n) is 9.04. The van der Waals surface area contributed by atoms with Crippen LogP contribution in [0.2, 0.25) is 10.0 Å². The van der Waals surface area contributed by atoms with Gasteiger partial charge >= 0.3 is 0 Å². The van der Waals surface area contributed by atoms with Crippen molar-refractivity contribution in [1.29, 1.82) is 0 Å². The molecule has 30 heavy (non-hydrogen) atoms. The van der Waals surface area contributed by atoms with Crippen LogP contribution in [0.3, 0.4) is 0 Å². The average molecular weight is 487 g/mol. The lowest BCUT2D eigenvalue weighted by Gasteiger charge is -2.29. The Kier molecular flexibility index (Phi) is 5.65. The number of imide groups is 1. The lowest BCUT2D eigenvalue weighted by molar-refractivity contribution is -0.134. The van der Waals surface area contributed by atoms with Crippen LogP contribution < -0.4 is 0 Å². The van der Waals surface area contributed by atoms with Crippen LogP contribution in [0.4, 0.5) is 0 Å². The predicted molar refractivity (Wildman–Crippen MR) is 114 cm³/mol. The molecule has 1 aromatic carbocycles. The molecule has 0 aliphatic carbocycles. The van der Waals surface area contributed by atoms with E-state index in [4.69, 9.17) is 23.2 Å². The van der Waals surface area contributed by atoms with Crippen LogP contribution >= 0.6 is 34.5 Å². The van der Waals surface area contributed by atoms with Gasteiger partial charge in [0.15, 0.2) is 9.84 Å². The Morgan fingerprint density at radius 2 is 1.80 bits per heavy atom. The van der Waals surface area contributed by atoms with Gasteiger partial charge in [-0.05, 0) is 30.0 Å². The molecule has 11 heteroatoms. The molecule has 0 N–H and O–H groups in total. The number of hydrogen-bond donors (Lipinski definition) is 0. The smallest absolute Gasteiger partial charge is 0.262 e. The van der Waals surface area contributed by atoms with Crippen LogP contribution in [0.5, 0.6) is 0 Å². The van der Waals surface area contributed by atoms with Gasteiger partial charge in [0.2, 0.25) is 5.91 Å². The molecule has 2 aliphatic heterocycles. The molecule has 1 aromatic heterocycles. The summed E-state index contributed by atoms with van der Waals surface area (Å²) in [4.78, 5) is 41.7. The second-order valence-electron chi connectivity index (χ2n) is 7.17. The molecule has 4 rings (SSSR count). The zero-order chi connectivity index (χ0) is 21.6. The Bertz CT molecular complexity index is 1110. The Labute approximate surface area is 187 Å². The summed E-state index contributed by atoms with van der Waals surface area (Å²) in [6.07, 6.45) is 0.326. The standard InChI is InChI=1S/C19H16Cl2N2O5S2/c20-15-6-13-14(7-16(15)21)19(26)23(18(13)25)9-17(24)22(8-12-2-1-4-29-12)11-3-5-30(27,28)10-11/h1-2,4,6-7,11H,3,5,8-10H2. The number of sulfone groups is 1. The van der Waals surface area contributed by atoms with E-state index in [1.807, 2.05) is 17.5 Å². The van der Waals surface area contributed by atoms with Gasteiger partial charge in [-0.2, -0.15) is 0 Å².